The maximum absolute atomic E-state index is 6.41. The number of nitrogens with zero attached hydrogens (tertiary/aromatic N) is 1. The summed E-state index contributed by atoms with van der Waals surface area (Å²) in [7, 11) is 0. The molecule has 3 aliphatic rings. The Bertz CT molecular complexity index is 511. The van der Waals surface area contributed by atoms with Crippen molar-refractivity contribution >= 4 is 0 Å². The molecule has 19 heavy (non-hydrogen) atoms. The van der Waals surface area contributed by atoms with E-state index in [0.717, 1.165) is 31.2 Å². The molecule has 102 valence electrons. The van der Waals surface area contributed by atoms with Crippen LogP contribution in [0.15, 0.2) is 18.2 Å². The number of fused-ring (bicyclic) bond motifs is 1. The first-order valence-electron chi connectivity index (χ1n) is 7.44. The van der Waals surface area contributed by atoms with Crippen LogP contribution in [0.3, 0.4) is 0 Å². The molecule has 1 saturated carbocycles. The molecule has 1 saturated heterocycles. The fraction of sp³-hybridized carbons (Fsp3) is 0.625. The van der Waals surface area contributed by atoms with Crippen LogP contribution in [0.25, 0.3) is 0 Å². The van der Waals surface area contributed by atoms with Gasteiger partial charge in [0.2, 0.25) is 0 Å². The maximum atomic E-state index is 6.41. The van der Waals surface area contributed by atoms with Gasteiger partial charge in [0.15, 0.2) is 0 Å². The summed E-state index contributed by atoms with van der Waals surface area (Å²) in [5.41, 5.74) is 8.84. The fourth-order valence-corrected chi connectivity index (χ4v) is 3.71. The summed E-state index contributed by atoms with van der Waals surface area (Å²) in [5, 5.41) is 0. The van der Waals surface area contributed by atoms with Crippen molar-refractivity contribution in [3.63, 3.8) is 0 Å². The van der Waals surface area contributed by atoms with Crippen LogP contribution in [-0.4, -0.2) is 29.6 Å². The zero-order valence-corrected chi connectivity index (χ0v) is 11.6. The average molecular weight is 258 g/mol. The van der Waals surface area contributed by atoms with Gasteiger partial charge in [-0.2, -0.15) is 0 Å². The molecular formula is C16H22N2O. The third-order valence-corrected chi connectivity index (χ3v) is 4.89. The molecule has 3 nitrogen and oxygen atoms in total. The van der Waals surface area contributed by atoms with Crippen LogP contribution in [0, 0.1) is 6.92 Å². The first kappa shape index (κ1) is 11.7. The van der Waals surface area contributed by atoms with Crippen molar-refractivity contribution in [3.8, 4) is 5.75 Å². The molecule has 2 atom stereocenters. The first-order chi connectivity index (χ1) is 9.15. The number of rotatable bonds is 1. The van der Waals surface area contributed by atoms with Gasteiger partial charge in [-0.1, -0.05) is 17.7 Å². The number of likely N-dealkylation sites (tertiary alicyclic amines) is 1. The van der Waals surface area contributed by atoms with Crippen LogP contribution in [-0.2, 0) is 0 Å². The molecule has 0 bridgehead atoms. The van der Waals surface area contributed by atoms with Gasteiger partial charge in [0.05, 0.1) is 0 Å². The summed E-state index contributed by atoms with van der Waals surface area (Å²) < 4.78 is 6.39. The topological polar surface area (TPSA) is 38.5 Å². The van der Waals surface area contributed by atoms with Crippen molar-refractivity contribution in [3.05, 3.63) is 29.3 Å². The molecular weight excluding hydrogens is 236 g/mol. The zero-order valence-electron chi connectivity index (χ0n) is 11.6. The van der Waals surface area contributed by atoms with Crippen molar-refractivity contribution in [2.24, 2.45) is 5.73 Å². The molecule has 2 heterocycles. The van der Waals surface area contributed by atoms with Gasteiger partial charge in [-0.15, -0.1) is 0 Å². The maximum Gasteiger partial charge on any atom is 0.125 e. The van der Waals surface area contributed by atoms with E-state index in [-0.39, 0.29) is 11.6 Å². The van der Waals surface area contributed by atoms with Gasteiger partial charge >= 0.3 is 0 Å². The van der Waals surface area contributed by atoms with E-state index in [9.17, 15) is 0 Å². The first-order valence-corrected chi connectivity index (χ1v) is 7.44. The van der Waals surface area contributed by atoms with Gasteiger partial charge in [-0.3, -0.25) is 4.90 Å². The Kier molecular flexibility index (Phi) is 2.45. The molecule has 2 aliphatic heterocycles. The van der Waals surface area contributed by atoms with Crippen LogP contribution in [0.4, 0.5) is 0 Å². The Hall–Kier alpha value is -1.06. The third-order valence-electron chi connectivity index (χ3n) is 4.89. The largest absolute Gasteiger partial charge is 0.485 e. The summed E-state index contributed by atoms with van der Waals surface area (Å²) in [5.74, 6) is 1.02. The third kappa shape index (κ3) is 1.96. The molecule has 1 aromatic carbocycles. The van der Waals surface area contributed by atoms with Gasteiger partial charge in [-0.25, -0.2) is 0 Å². The van der Waals surface area contributed by atoms with E-state index in [0.29, 0.717) is 0 Å². The Balaban J connectivity index is 1.62. The molecule has 1 unspecified atom stereocenters. The summed E-state index contributed by atoms with van der Waals surface area (Å²) in [6.45, 7) is 4.36. The van der Waals surface area contributed by atoms with Crippen LogP contribution >= 0.6 is 0 Å². The normalized spacial score (nSPS) is 34.3. The lowest BCUT2D eigenvalue weighted by molar-refractivity contribution is 0.0433. The predicted octanol–water partition coefficient (Wildman–Crippen LogP) is 2.38. The van der Waals surface area contributed by atoms with E-state index >= 15 is 0 Å². The van der Waals surface area contributed by atoms with Crippen molar-refractivity contribution in [1.29, 1.82) is 0 Å². The molecule has 4 rings (SSSR count). The Morgan fingerprint density at radius 1 is 1.37 bits per heavy atom. The highest BCUT2D eigenvalue weighted by Crippen LogP contribution is 2.45. The minimum Gasteiger partial charge on any atom is -0.485 e. The summed E-state index contributed by atoms with van der Waals surface area (Å²) in [4.78, 5) is 2.60. The van der Waals surface area contributed by atoms with Crippen LogP contribution in [0.2, 0.25) is 0 Å². The van der Waals surface area contributed by atoms with Crippen molar-refractivity contribution in [1.82, 2.24) is 4.90 Å². The smallest absolute Gasteiger partial charge is 0.125 e. The van der Waals surface area contributed by atoms with E-state index in [1.807, 2.05) is 0 Å². The highest BCUT2D eigenvalue weighted by Gasteiger charge is 2.48. The van der Waals surface area contributed by atoms with E-state index in [1.54, 1.807) is 0 Å². The van der Waals surface area contributed by atoms with Gasteiger partial charge in [0.1, 0.15) is 11.4 Å². The molecule has 0 aromatic heterocycles. The van der Waals surface area contributed by atoms with Crippen molar-refractivity contribution < 1.29 is 4.74 Å². The number of nitrogens with two attached hydrogens (primary N) is 1. The number of benzene rings is 1. The number of aryl methyl sites for hydroxylation is 1. The van der Waals surface area contributed by atoms with E-state index in [4.69, 9.17) is 10.5 Å². The molecule has 0 radical (unpaired) electrons. The number of hydrogen-bond acceptors (Lipinski definition) is 3. The van der Waals surface area contributed by atoms with Gasteiger partial charge in [0.25, 0.3) is 0 Å². The second-order valence-corrected chi connectivity index (χ2v) is 6.59. The lowest BCUT2D eigenvalue weighted by atomic mass is 9.86. The molecule has 1 aromatic rings. The van der Waals surface area contributed by atoms with Crippen molar-refractivity contribution in [2.75, 3.05) is 13.1 Å². The van der Waals surface area contributed by atoms with E-state index in [2.05, 4.69) is 30.0 Å². The Labute approximate surface area is 114 Å². The minimum absolute atomic E-state index is 0.0235. The zero-order chi connectivity index (χ0) is 13.0. The second kappa shape index (κ2) is 3.97. The Morgan fingerprint density at radius 2 is 2.21 bits per heavy atom. The van der Waals surface area contributed by atoms with Gasteiger partial charge < -0.3 is 10.5 Å². The molecule has 2 fully saturated rings. The lowest BCUT2D eigenvalue weighted by Crippen LogP contribution is -2.45. The fourth-order valence-electron chi connectivity index (χ4n) is 3.71. The van der Waals surface area contributed by atoms with Crippen LogP contribution in [0.5, 0.6) is 5.75 Å². The standard InChI is InChI=1S/C16H22N2O/c1-11-2-5-15-13(8-11)14(17)9-16(19-15)6-7-18(10-16)12-3-4-12/h2,5,8,12,14H,3-4,6-7,9-10,17H2,1H3/t14-,16?/m1/s1. The van der Waals surface area contributed by atoms with Crippen molar-refractivity contribution in [2.45, 2.75) is 50.3 Å². The lowest BCUT2D eigenvalue weighted by Gasteiger charge is -2.39. The monoisotopic (exact) mass is 258 g/mol. The predicted molar refractivity (Wildman–Crippen MR) is 75.3 cm³/mol. The number of hydrogen-bond donors (Lipinski definition) is 1. The molecule has 0 amide bonds. The average Bonchev–Trinajstić information content (AvgIpc) is 3.15. The summed E-state index contributed by atoms with van der Waals surface area (Å²) in [6, 6.07) is 7.37. The molecule has 2 N–H and O–H groups in total. The van der Waals surface area contributed by atoms with E-state index in [1.165, 1.54) is 30.5 Å². The highest BCUT2D eigenvalue weighted by molar-refractivity contribution is 5.41. The Morgan fingerprint density at radius 3 is 3.00 bits per heavy atom. The van der Waals surface area contributed by atoms with Crippen LogP contribution < -0.4 is 10.5 Å². The van der Waals surface area contributed by atoms with Crippen LogP contribution in [0.1, 0.15) is 42.9 Å². The second-order valence-electron chi connectivity index (χ2n) is 6.59. The number of ether oxygens (including phenoxy) is 1. The molecule has 3 heteroatoms. The SMILES string of the molecule is Cc1ccc2c(c1)[C@H](N)CC1(CCN(C3CC3)C1)O2. The van der Waals surface area contributed by atoms with E-state index < -0.39 is 0 Å². The quantitative estimate of drug-likeness (QED) is 0.840. The van der Waals surface area contributed by atoms with Gasteiger partial charge in [-0.05, 0) is 25.8 Å². The summed E-state index contributed by atoms with van der Waals surface area (Å²) in [6.07, 6.45) is 4.84. The molecule has 1 aliphatic carbocycles. The highest BCUT2D eigenvalue weighted by atomic mass is 16.5. The van der Waals surface area contributed by atoms with Gasteiger partial charge in [0, 0.05) is 43.6 Å². The minimum atomic E-state index is -0.0235. The molecule has 1 spiro atoms. The summed E-state index contributed by atoms with van der Waals surface area (Å²) >= 11 is 0.